The van der Waals surface area contributed by atoms with Gasteiger partial charge in [-0.2, -0.15) is 0 Å². The van der Waals surface area contributed by atoms with Crippen LogP contribution in [-0.4, -0.2) is 17.0 Å². The number of halogens is 6. The van der Waals surface area contributed by atoms with Gasteiger partial charge in [0.1, 0.15) is 5.69 Å². The fourth-order valence-corrected chi connectivity index (χ4v) is 2.76. The van der Waals surface area contributed by atoms with Crippen molar-refractivity contribution in [2.45, 2.75) is 0 Å². The average molecular weight is 427 g/mol. The van der Waals surface area contributed by atoms with E-state index < -0.39 is 46.1 Å². The number of aromatic amines is 1. The van der Waals surface area contributed by atoms with Gasteiger partial charge in [0.25, 0.3) is 5.56 Å². The van der Waals surface area contributed by atoms with E-state index in [0.29, 0.717) is 11.8 Å². The first-order valence-electron chi connectivity index (χ1n) is 7.80. The number of aromatic nitrogens is 1. The fourth-order valence-electron chi connectivity index (χ4n) is 2.52. The van der Waals surface area contributed by atoms with Crippen molar-refractivity contribution in [3.63, 3.8) is 0 Å². The Morgan fingerprint density at radius 1 is 0.931 bits per heavy atom. The molecule has 0 aliphatic heterocycles. The van der Waals surface area contributed by atoms with Crippen LogP contribution in [0.1, 0.15) is 10.4 Å². The highest BCUT2D eigenvalue weighted by molar-refractivity contribution is 6.43. The summed E-state index contributed by atoms with van der Waals surface area (Å²) in [5.74, 6) is -12.3. The van der Waals surface area contributed by atoms with Crippen LogP contribution in [0.5, 0.6) is 0 Å². The summed E-state index contributed by atoms with van der Waals surface area (Å²) in [6, 6.07) is 7.87. The molecule has 4 nitrogen and oxygen atoms in total. The monoisotopic (exact) mass is 426 g/mol. The predicted molar refractivity (Wildman–Crippen MR) is 96.2 cm³/mol. The van der Waals surface area contributed by atoms with Gasteiger partial charge in [0.2, 0.25) is 11.6 Å². The van der Waals surface area contributed by atoms with Gasteiger partial charge >= 0.3 is 0 Å². The number of rotatable bonds is 4. The van der Waals surface area contributed by atoms with E-state index >= 15 is 0 Å². The van der Waals surface area contributed by atoms with E-state index in [1.54, 1.807) is 18.2 Å². The lowest BCUT2D eigenvalue weighted by molar-refractivity contribution is 0.107. The van der Waals surface area contributed by atoms with Crippen molar-refractivity contribution in [3.8, 4) is 11.1 Å². The number of H-pyrrole nitrogens is 1. The SMILES string of the molecule is O=C(C=Nc1c(F)c(F)c(F)c(F)c1F)c1c(Cl)c[nH]c(=O)c1-c1ccccc1. The Labute approximate surface area is 164 Å². The number of aliphatic imine (C=N–C) groups is 1. The van der Waals surface area contributed by atoms with Gasteiger partial charge in [-0.05, 0) is 5.56 Å². The van der Waals surface area contributed by atoms with E-state index in [4.69, 9.17) is 11.6 Å². The molecule has 0 aliphatic rings. The summed E-state index contributed by atoms with van der Waals surface area (Å²) in [6.07, 6.45) is 1.35. The van der Waals surface area contributed by atoms with Gasteiger partial charge < -0.3 is 4.98 Å². The smallest absolute Gasteiger partial charge is 0.256 e. The summed E-state index contributed by atoms with van der Waals surface area (Å²) in [4.78, 5) is 30.2. The second-order valence-corrected chi connectivity index (χ2v) is 6.03. The van der Waals surface area contributed by atoms with Crippen LogP contribution in [0.4, 0.5) is 27.6 Å². The largest absolute Gasteiger partial charge is 0.327 e. The average Bonchev–Trinajstić information content (AvgIpc) is 2.72. The minimum Gasteiger partial charge on any atom is -0.327 e. The highest BCUT2D eigenvalue weighted by Crippen LogP contribution is 2.30. The molecule has 0 amide bonds. The van der Waals surface area contributed by atoms with Crippen molar-refractivity contribution >= 4 is 29.3 Å². The van der Waals surface area contributed by atoms with Crippen LogP contribution in [0.2, 0.25) is 5.02 Å². The molecule has 0 saturated carbocycles. The van der Waals surface area contributed by atoms with E-state index in [2.05, 4.69) is 9.98 Å². The first-order chi connectivity index (χ1) is 13.7. The lowest BCUT2D eigenvalue weighted by Gasteiger charge is -2.08. The number of carbonyl (C=O) groups is 1. The Morgan fingerprint density at radius 3 is 2.07 bits per heavy atom. The van der Waals surface area contributed by atoms with Gasteiger partial charge in [0, 0.05) is 6.20 Å². The molecule has 0 saturated heterocycles. The normalized spacial score (nSPS) is 11.2. The number of Topliss-reactive ketones (excluding diaryl/α,β-unsaturated/α-hetero) is 1. The second-order valence-electron chi connectivity index (χ2n) is 5.62. The summed E-state index contributed by atoms with van der Waals surface area (Å²) < 4.78 is 67.1. The molecule has 1 N–H and O–H groups in total. The number of hydrogen-bond acceptors (Lipinski definition) is 3. The summed E-state index contributed by atoms with van der Waals surface area (Å²) in [5, 5.41) is -0.211. The van der Waals surface area contributed by atoms with Gasteiger partial charge in [-0.15, -0.1) is 0 Å². The molecule has 0 fully saturated rings. The van der Waals surface area contributed by atoms with Crippen molar-refractivity contribution in [2.24, 2.45) is 4.99 Å². The van der Waals surface area contributed by atoms with Gasteiger partial charge in [0.15, 0.2) is 23.3 Å². The van der Waals surface area contributed by atoms with Crippen molar-refractivity contribution in [1.29, 1.82) is 0 Å². The van der Waals surface area contributed by atoms with Gasteiger partial charge in [-0.1, -0.05) is 41.9 Å². The van der Waals surface area contributed by atoms with Gasteiger partial charge in [0.05, 0.1) is 22.4 Å². The van der Waals surface area contributed by atoms with E-state index in [0.717, 1.165) is 6.20 Å². The Balaban J connectivity index is 2.13. The Bertz CT molecular complexity index is 1180. The molecule has 3 aromatic rings. The number of nitrogens with zero attached hydrogens (tertiary/aromatic N) is 1. The summed E-state index contributed by atoms with van der Waals surface area (Å²) in [7, 11) is 0. The molecule has 29 heavy (non-hydrogen) atoms. The topological polar surface area (TPSA) is 62.3 Å². The molecule has 1 aromatic heterocycles. The molecule has 0 aliphatic carbocycles. The maximum absolute atomic E-state index is 13.7. The summed E-state index contributed by atoms with van der Waals surface area (Å²) in [5.41, 5.74) is -2.42. The van der Waals surface area contributed by atoms with E-state index in [-0.39, 0.29) is 16.1 Å². The zero-order chi connectivity index (χ0) is 21.3. The molecule has 0 radical (unpaired) electrons. The number of hydrogen-bond donors (Lipinski definition) is 1. The van der Waals surface area contributed by atoms with Crippen LogP contribution < -0.4 is 5.56 Å². The third-order valence-electron chi connectivity index (χ3n) is 3.85. The van der Waals surface area contributed by atoms with Crippen LogP contribution in [-0.2, 0) is 0 Å². The maximum Gasteiger partial charge on any atom is 0.256 e. The molecule has 0 atom stereocenters. The maximum atomic E-state index is 13.7. The van der Waals surface area contributed by atoms with Crippen molar-refractivity contribution in [1.82, 2.24) is 4.98 Å². The zero-order valence-corrected chi connectivity index (χ0v) is 14.8. The molecule has 10 heteroatoms. The number of carbonyl (C=O) groups excluding carboxylic acids is 1. The van der Waals surface area contributed by atoms with Gasteiger partial charge in [-0.25, -0.2) is 26.9 Å². The van der Waals surface area contributed by atoms with E-state index in [1.807, 2.05) is 0 Å². The first-order valence-corrected chi connectivity index (χ1v) is 8.18. The lowest BCUT2D eigenvalue weighted by Crippen LogP contribution is -2.16. The van der Waals surface area contributed by atoms with Crippen molar-refractivity contribution in [2.75, 3.05) is 0 Å². The molecular weight excluding hydrogens is 419 g/mol. The highest BCUT2D eigenvalue weighted by Gasteiger charge is 2.26. The van der Waals surface area contributed by atoms with Crippen LogP contribution in [0, 0.1) is 29.1 Å². The summed E-state index contributed by atoms with van der Waals surface area (Å²) >= 11 is 5.99. The minimum absolute atomic E-state index is 0.146. The lowest BCUT2D eigenvalue weighted by atomic mass is 9.99. The van der Waals surface area contributed by atoms with Crippen molar-refractivity contribution in [3.05, 3.63) is 86.6 Å². The molecule has 3 rings (SSSR count). The molecule has 0 spiro atoms. The van der Waals surface area contributed by atoms with E-state index in [9.17, 15) is 31.5 Å². The fraction of sp³-hybridized carbons (Fsp3) is 0. The molecule has 0 bridgehead atoms. The Hall–Kier alpha value is -3.33. The van der Waals surface area contributed by atoms with Gasteiger partial charge in [-0.3, -0.25) is 9.59 Å². The highest BCUT2D eigenvalue weighted by atomic mass is 35.5. The Morgan fingerprint density at radius 2 is 1.48 bits per heavy atom. The number of nitrogens with one attached hydrogen (secondary N) is 1. The van der Waals surface area contributed by atoms with Crippen molar-refractivity contribution < 1.29 is 26.7 Å². The first kappa shape index (κ1) is 20.4. The van der Waals surface area contributed by atoms with Crippen LogP contribution in [0.15, 0.2) is 46.3 Å². The van der Waals surface area contributed by atoms with Crippen LogP contribution in [0.3, 0.4) is 0 Å². The standard InChI is InChI=1S/C19H8ClF5N2O2/c20-9-6-27-19(29)11(8-4-2-1-3-5-8)12(9)10(28)7-26-18-16(24)14(22)13(21)15(23)17(18)25/h1-7H,(H,27,29). The quantitative estimate of drug-likeness (QED) is 0.210. The van der Waals surface area contributed by atoms with Crippen LogP contribution >= 0.6 is 11.6 Å². The van der Waals surface area contributed by atoms with Crippen LogP contribution in [0.25, 0.3) is 11.1 Å². The molecule has 148 valence electrons. The summed E-state index contributed by atoms with van der Waals surface area (Å²) in [6.45, 7) is 0. The number of pyridine rings is 1. The number of ketones is 1. The second kappa shape index (κ2) is 7.96. The zero-order valence-electron chi connectivity index (χ0n) is 14.1. The molecule has 0 unspecified atom stereocenters. The molecular formula is C19H8ClF5N2O2. The molecule has 2 aromatic carbocycles. The molecule has 1 heterocycles. The third kappa shape index (κ3) is 3.68. The number of benzene rings is 2. The van der Waals surface area contributed by atoms with E-state index in [1.165, 1.54) is 12.1 Å². The minimum atomic E-state index is -2.35. The predicted octanol–water partition coefficient (Wildman–Crippen LogP) is 4.98. The third-order valence-corrected chi connectivity index (χ3v) is 4.15. The Kier molecular flexibility index (Phi) is 5.60.